The van der Waals surface area contributed by atoms with Gasteiger partial charge in [-0.05, 0) is 26.8 Å². The summed E-state index contributed by atoms with van der Waals surface area (Å²) in [6, 6.07) is 10.4. The number of nitrogens with zero attached hydrogens (tertiary/aromatic N) is 4. The molecule has 8 heteroatoms. The summed E-state index contributed by atoms with van der Waals surface area (Å²) in [5.74, 6) is 0.658. The topological polar surface area (TPSA) is 106 Å². The van der Waals surface area contributed by atoms with Gasteiger partial charge in [-0.2, -0.15) is 0 Å². The zero-order valence-electron chi connectivity index (χ0n) is 16.6. The van der Waals surface area contributed by atoms with Gasteiger partial charge in [-0.1, -0.05) is 18.2 Å². The normalized spacial score (nSPS) is 12.3. The maximum Gasteiger partial charge on any atom is 0.199 e. The molecule has 1 aromatic carbocycles. The number of aliphatic hydroxyl groups is 1. The fourth-order valence-corrected chi connectivity index (χ4v) is 3.52. The molecule has 0 unspecified atom stereocenters. The maximum atomic E-state index is 10.5. The molecule has 4 aromatic rings. The van der Waals surface area contributed by atoms with Crippen LogP contribution >= 0.6 is 0 Å². The number of pyridine rings is 1. The molecule has 0 radical (unpaired) electrons. The summed E-state index contributed by atoms with van der Waals surface area (Å²) in [4.78, 5) is 9.41. The number of aromatic nitrogens is 4. The van der Waals surface area contributed by atoms with Crippen LogP contribution < -0.4 is 0 Å². The van der Waals surface area contributed by atoms with E-state index in [1.165, 1.54) is 16.7 Å². The van der Waals surface area contributed by atoms with Gasteiger partial charge in [0, 0.05) is 24.1 Å². The molecule has 0 amide bonds. The van der Waals surface area contributed by atoms with Crippen LogP contribution in [-0.4, -0.2) is 46.6 Å². The summed E-state index contributed by atoms with van der Waals surface area (Å²) < 4.78 is 8.78. The summed E-state index contributed by atoms with van der Waals surface area (Å²) in [6.07, 6.45) is 0. The van der Waals surface area contributed by atoms with Crippen molar-refractivity contribution in [2.75, 3.05) is 6.61 Å². The number of ether oxygens (including phenoxy) is 1. The Morgan fingerprint density at radius 1 is 1.03 bits per heavy atom. The Bertz CT molecular complexity index is 1170. The van der Waals surface area contributed by atoms with E-state index in [9.17, 15) is 15.3 Å². The van der Waals surface area contributed by atoms with E-state index < -0.39 is 5.60 Å². The van der Waals surface area contributed by atoms with Crippen molar-refractivity contribution in [3.05, 3.63) is 42.2 Å². The number of rotatable bonds is 6. The van der Waals surface area contributed by atoms with Gasteiger partial charge in [0.1, 0.15) is 17.9 Å². The van der Waals surface area contributed by atoms with Crippen molar-refractivity contribution in [2.45, 2.75) is 39.5 Å². The third-order valence-electron chi connectivity index (χ3n) is 4.68. The number of hydrogen-bond acceptors (Lipinski definition) is 6. The third-order valence-corrected chi connectivity index (χ3v) is 4.68. The zero-order chi connectivity index (χ0) is 20.8. The molecule has 0 aliphatic carbocycles. The van der Waals surface area contributed by atoms with Crippen molar-refractivity contribution in [3.8, 4) is 17.6 Å². The highest BCUT2D eigenvalue weighted by Gasteiger charge is 2.25. The number of fused-ring (bicyclic) bond motifs is 3. The van der Waals surface area contributed by atoms with Gasteiger partial charge in [-0.15, -0.1) is 0 Å². The molecular weight excluding hydrogens is 372 g/mol. The molecule has 0 saturated heterocycles. The van der Waals surface area contributed by atoms with E-state index in [1.54, 1.807) is 13.8 Å². The summed E-state index contributed by atoms with van der Waals surface area (Å²) in [6.45, 7) is 6.45. The van der Waals surface area contributed by atoms with E-state index in [1.807, 2.05) is 35.8 Å². The Kier molecular flexibility index (Phi) is 4.68. The van der Waals surface area contributed by atoms with Crippen molar-refractivity contribution < 1.29 is 20.1 Å². The summed E-state index contributed by atoms with van der Waals surface area (Å²) in [7, 11) is 0. The summed E-state index contributed by atoms with van der Waals surface area (Å²) >= 11 is 0. The molecule has 152 valence electrons. The Labute approximate surface area is 167 Å². The van der Waals surface area contributed by atoms with Crippen molar-refractivity contribution in [2.24, 2.45) is 0 Å². The Morgan fingerprint density at radius 2 is 1.72 bits per heavy atom. The Morgan fingerprint density at radius 3 is 2.38 bits per heavy atom. The van der Waals surface area contributed by atoms with Crippen LogP contribution in [0.25, 0.3) is 27.8 Å². The minimum Gasteiger partial charge on any atom is -0.494 e. The van der Waals surface area contributed by atoms with Crippen molar-refractivity contribution in [1.82, 2.24) is 19.1 Å². The average Bonchev–Trinajstić information content (AvgIpc) is 3.18. The van der Waals surface area contributed by atoms with Crippen LogP contribution in [0.1, 0.15) is 26.6 Å². The molecule has 0 aliphatic heterocycles. The predicted molar refractivity (Wildman–Crippen MR) is 109 cm³/mol. The van der Waals surface area contributed by atoms with E-state index in [0.717, 1.165) is 10.9 Å². The third kappa shape index (κ3) is 3.41. The molecule has 3 N–H and O–H groups in total. The van der Waals surface area contributed by atoms with Gasteiger partial charge in [0.15, 0.2) is 17.6 Å². The van der Waals surface area contributed by atoms with E-state index in [4.69, 9.17) is 9.72 Å². The SMILES string of the molecule is CCOCc1nc2c(-n3c(O)ccc3O)nc3ccccc3c2n1CC(C)(C)O. The van der Waals surface area contributed by atoms with Crippen LogP contribution in [0.2, 0.25) is 0 Å². The molecule has 0 saturated carbocycles. The van der Waals surface area contributed by atoms with E-state index >= 15 is 0 Å². The second kappa shape index (κ2) is 7.06. The highest BCUT2D eigenvalue weighted by Crippen LogP contribution is 2.34. The van der Waals surface area contributed by atoms with Crippen molar-refractivity contribution in [1.29, 1.82) is 0 Å². The lowest BCUT2D eigenvalue weighted by Gasteiger charge is -2.21. The molecule has 8 nitrogen and oxygen atoms in total. The number of aromatic hydroxyl groups is 2. The first-order valence-corrected chi connectivity index (χ1v) is 9.48. The van der Waals surface area contributed by atoms with Gasteiger partial charge in [0.2, 0.25) is 0 Å². The highest BCUT2D eigenvalue weighted by atomic mass is 16.5. The average molecular weight is 396 g/mol. The first-order chi connectivity index (χ1) is 13.8. The zero-order valence-corrected chi connectivity index (χ0v) is 16.6. The Balaban J connectivity index is 2.12. The summed E-state index contributed by atoms with van der Waals surface area (Å²) in [5.41, 5.74) is 0.957. The first-order valence-electron chi connectivity index (χ1n) is 9.48. The standard InChI is InChI=1S/C21H24N4O4/c1-4-29-11-15-23-18-19(24(15)12-21(2,3)28)13-7-5-6-8-14(13)22-20(18)25-16(26)9-10-17(25)27/h5-10,26-28H,4,11-12H2,1-3H3. The fraction of sp³-hybridized carbons (Fsp3) is 0.333. The van der Waals surface area contributed by atoms with Crippen LogP contribution in [0, 0.1) is 0 Å². The van der Waals surface area contributed by atoms with Crippen molar-refractivity contribution >= 4 is 21.9 Å². The lowest BCUT2D eigenvalue weighted by atomic mass is 10.1. The van der Waals surface area contributed by atoms with Gasteiger partial charge in [0.25, 0.3) is 0 Å². The van der Waals surface area contributed by atoms with Crippen LogP contribution in [0.5, 0.6) is 11.8 Å². The van der Waals surface area contributed by atoms with Gasteiger partial charge >= 0.3 is 0 Å². The van der Waals surface area contributed by atoms with Crippen LogP contribution in [0.3, 0.4) is 0 Å². The van der Waals surface area contributed by atoms with E-state index in [-0.39, 0.29) is 18.4 Å². The largest absolute Gasteiger partial charge is 0.494 e. The molecule has 3 heterocycles. The Hall–Kier alpha value is -3.10. The lowest BCUT2D eigenvalue weighted by Crippen LogP contribution is -2.27. The fourth-order valence-electron chi connectivity index (χ4n) is 3.52. The number of hydrogen-bond donors (Lipinski definition) is 3. The number of benzene rings is 1. The molecule has 4 rings (SSSR count). The molecule has 0 bridgehead atoms. The van der Waals surface area contributed by atoms with Gasteiger partial charge < -0.3 is 24.6 Å². The number of para-hydroxylation sites is 1. The van der Waals surface area contributed by atoms with Gasteiger partial charge in [0.05, 0.1) is 23.2 Å². The minimum atomic E-state index is -0.989. The van der Waals surface area contributed by atoms with Crippen LogP contribution in [-0.2, 0) is 17.9 Å². The summed E-state index contributed by atoms with van der Waals surface area (Å²) in [5, 5.41) is 31.9. The second-order valence-corrected chi connectivity index (χ2v) is 7.60. The van der Waals surface area contributed by atoms with Crippen LogP contribution in [0.15, 0.2) is 36.4 Å². The van der Waals surface area contributed by atoms with Gasteiger partial charge in [-0.3, -0.25) is 0 Å². The van der Waals surface area contributed by atoms with E-state index in [0.29, 0.717) is 35.8 Å². The number of imidazole rings is 1. The molecular formula is C21H24N4O4. The molecule has 0 fully saturated rings. The molecule has 0 aliphatic rings. The predicted octanol–water partition coefficient (Wildman–Crippen LogP) is 3.09. The smallest absolute Gasteiger partial charge is 0.199 e. The van der Waals surface area contributed by atoms with E-state index in [2.05, 4.69) is 4.98 Å². The van der Waals surface area contributed by atoms with Crippen molar-refractivity contribution in [3.63, 3.8) is 0 Å². The second-order valence-electron chi connectivity index (χ2n) is 7.60. The molecule has 29 heavy (non-hydrogen) atoms. The van der Waals surface area contributed by atoms with Crippen LogP contribution in [0.4, 0.5) is 0 Å². The first kappa shape index (κ1) is 19.2. The molecule has 3 aromatic heterocycles. The molecule has 0 atom stereocenters. The maximum absolute atomic E-state index is 10.5. The quantitative estimate of drug-likeness (QED) is 0.462. The lowest BCUT2D eigenvalue weighted by molar-refractivity contribution is 0.0582. The molecule has 0 spiro atoms. The highest BCUT2D eigenvalue weighted by molar-refractivity contribution is 6.05. The minimum absolute atomic E-state index is 0.144. The van der Waals surface area contributed by atoms with Gasteiger partial charge in [-0.25, -0.2) is 14.5 Å². The monoisotopic (exact) mass is 396 g/mol.